The fourth-order valence-corrected chi connectivity index (χ4v) is 4.56. The number of anilines is 2. The monoisotopic (exact) mass is 435 g/mol. The molecule has 2 aliphatic heterocycles. The molecule has 2 aromatic carbocycles. The molecule has 5 nitrogen and oxygen atoms in total. The van der Waals surface area contributed by atoms with E-state index in [2.05, 4.69) is 25.7 Å². The molecule has 1 fully saturated rings. The molecular weight excluding hydrogens is 405 g/mol. The predicted molar refractivity (Wildman–Crippen MR) is 126 cm³/mol. The highest BCUT2D eigenvalue weighted by molar-refractivity contribution is 6.45. The zero-order valence-electron chi connectivity index (χ0n) is 19.0. The van der Waals surface area contributed by atoms with Gasteiger partial charge in [-0.2, -0.15) is 0 Å². The van der Waals surface area contributed by atoms with Crippen molar-refractivity contribution in [3.8, 4) is 0 Å². The molecule has 0 N–H and O–H groups in total. The van der Waals surface area contributed by atoms with Gasteiger partial charge in [-0.3, -0.25) is 9.59 Å². The first-order valence-corrected chi connectivity index (χ1v) is 11.4. The molecule has 1 saturated heterocycles. The van der Waals surface area contributed by atoms with Crippen molar-refractivity contribution in [2.45, 2.75) is 33.6 Å². The Morgan fingerprint density at radius 1 is 0.906 bits per heavy atom. The third-order valence-electron chi connectivity index (χ3n) is 6.53. The molecule has 6 heteroatoms. The fourth-order valence-electron chi connectivity index (χ4n) is 4.56. The van der Waals surface area contributed by atoms with Crippen LogP contribution in [0.1, 0.15) is 39.2 Å². The molecule has 2 aromatic rings. The summed E-state index contributed by atoms with van der Waals surface area (Å²) in [7, 11) is 0. The quantitative estimate of drug-likeness (QED) is 0.618. The van der Waals surface area contributed by atoms with Gasteiger partial charge in [0.1, 0.15) is 11.5 Å². The number of hydrogen-bond donors (Lipinski definition) is 0. The van der Waals surface area contributed by atoms with Crippen LogP contribution >= 0.6 is 0 Å². The van der Waals surface area contributed by atoms with Gasteiger partial charge in [-0.1, -0.05) is 19.1 Å². The van der Waals surface area contributed by atoms with Gasteiger partial charge < -0.3 is 9.80 Å². The summed E-state index contributed by atoms with van der Waals surface area (Å²) >= 11 is 0. The van der Waals surface area contributed by atoms with Crippen molar-refractivity contribution in [3.05, 3.63) is 65.6 Å². The second kappa shape index (κ2) is 9.15. The molecule has 0 unspecified atom stereocenters. The molecule has 2 heterocycles. The lowest BCUT2D eigenvalue weighted by Gasteiger charge is -2.32. The van der Waals surface area contributed by atoms with E-state index < -0.39 is 0 Å². The maximum atomic E-state index is 13.6. The maximum Gasteiger partial charge on any atom is 0.282 e. The molecule has 0 aromatic heterocycles. The van der Waals surface area contributed by atoms with Gasteiger partial charge in [0.15, 0.2) is 0 Å². The lowest BCUT2D eigenvalue weighted by atomic mass is 9.97. The van der Waals surface area contributed by atoms with Crippen molar-refractivity contribution in [3.63, 3.8) is 0 Å². The van der Waals surface area contributed by atoms with Gasteiger partial charge >= 0.3 is 0 Å². The van der Waals surface area contributed by atoms with Gasteiger partial charge in [-0.15, -0.1) is 0 Å². The molecule has 0 radical (unpaired) electrons. The van der Waals surface area contributed by atoms with E-state index in [1.54, 1.807) is 12.1 Å². The standard InChI is InChI=1S/C26H30FN3O2/c1-4-28(5-2)21-10-12-22(13-11-21)30-25(31)23(19-6-8-20(27)9-7-19)24(26(30)32)29-16-14-18(3)15-17-29/h6-13,18H,4-5,14-17H2,1-3H3. The molecule has 4 rings (SSSR count). The van der Waals surface area contributed by atoms with Crippen LogP contribution in [0.5, 0.6) is 0 Å². The van der Waals surface area contributed by atoms with Crippen LogP contribution in [0.2, 0.25) is 0 Å². The average molecular weight is 436 g/mol. The van der Waals surface area contributed by atoms with Crippen molar-refractivity contribution in [1.82, 2.24) is 4.90 Å². The number of nitrogens with zero attached hydrogens (tertiary/aromatic N) is 3. The molecule has 0 aliphatic carbocycles. The first-order valence-electron chi connectivity index (χ1n) is 11.4. The van der Waals surface area contributed by atoms with Crippen LogP contribution in [-0.2, 0) is 9.59 Å². The molecule has 32 heavy (non-hydrogen) atoms. The van der Waals surface area contributed by atoms with Crippen molar-refractivity contribution in [2.24, 2.45) is 5.92 Å². The number of likely N-dealkylation sites (tertiary alicyclic amines) is 1. The van der Waals surface area contributed by atoms with Crippen molar-refractivity contribution in [2.75, 3.05) is 36.0 Å². The van der Waals surface area contributed by atoms with E-state index in [4.69, 9.17) is 0 Å². The zero-order chi connectivity index (χ0) is 22.8. The smallest absolute Gasteiger partial charge is 0.282 e. The van der Waals surface area contributed by atoms with E-state index in [1.807, 2.05) is 29.2 Å². The third-order valence-corrected chi connectivity index (χ3v) is 6.53. The average Bonchev–Trinajstić information content (AvgIpc) is 3.06. The van der Waals surface area contributed by atoms with E-state index in [9.17, 15) is 14.0 Å². The highest BCUT2D eigenvalue weighted by atomic mass is 19.1. The number of carbonyl (C=O) groups is 2. The Morgan fingerprint density at radius 2 is 1.50 bits per heavy atom. The summed E-state index contributed by atoms with van der Waals surface area (Å²) in [6.45, 7) is 9.61. The van der Waals surface area contributed by atoms with Crippen molar-refractivity contribution in [1.29, 1.82) is 0 Å². The molecular formula is C26H30FN3O2. The number of benzene rings is 2. The number of hydrogen-bond acceptors (Lipinski definition) is 4. The maximum absolute atomic E-state index is 13.6. The minimum Gasteiger partial charge on any atom is -0.372 e. The summed E-state index contributed by atoms with van der Waals surface area (Å²) in [6, 6.07) is 13.4. The molecule has 2 amide bonds. The Balaban J connectivity index is 1.72. The Morgan fingerprint density at radius 3 is 2.06 bits per heavy atom. The summed E-state index contributed by atoms with van der Waals surface area (Å²) in [5, 5.41) is 0. The molecule has 0 spiro atoms. The predicted octanol–water partition coefficient (Wildman–Crippen LogP) is 4.69. The van der Waals surface area contributed by atoms with Gasteiger partial charge in [0, 0.05) is 31.9 Å². The summed E-state index contributed by atoms with van der Waals surface area (Å²) in [5.41, 5.74) is 2.96. The highest BCUT2D eigenvalue weighted by Gasteiger charge is 2.43. The van der Waals surface area contributed by atoms with Crippen LogP contribution in [-0.4, -0.2) is 42.9 Å². The lowest BCUT2D eigenvalue weighted by molar-refractivity contribution is -0.120. The van der Waals surface area contributed by atoms with Crippen LogP contribution in [0, 0.1) is 11.7 Å². The van der Waals surface area contributed by atoms with Crippen LogP contribution in [0.25, 0.3) is 5.57 Å². The molecule has 0 saturated carbocycles. The Labute approximate surface area is 189 Å². The number of imide groups is 1. The van der Waals surface area contributed by atoms with Crippen LogP contribution in [0.3, 0.4) is 0 Å². The van der Waals surface area contributed by atoms with E-state index in [1.165, 1.54) is 17.0 Å². The Kier molecular flexibility index (Phi) is 6.31. The third kappa shape index (κ3) is 4.01. The number of carbonyl (C=O) groups excluding carboxylic acids is 2. The van der Waals surface area contributed by atoms with Crippen LogP contribution in [0.15, 0.2) is 54.2 Å². The van der Waals surface area contributed by atoms with Crippen molar-refractivity contribution < 1.29 is 14.0 Å². The van der Waals surface area contributed by atoms with E-state index in [-0.39, 0.29) is 17.6 Å². The minimum atomic E-state index is -0.372. The minimum absolute atomic E-state index is 0.306. The lowest BCUT2D eigenvalue weighted by Crippen LogP contribution is -2.38. The largest absolute Gasteiger partial charge is 0.372 e. The first-order chi connectivity index (χ1) is 15.4. The number of rotatable bonds is 6. The van der Waals surface area contributed by atoms with E-state index in [0.717, 1.165) is 44.7 Å². The van der Waals surface area contributed by atoms with Crippen LogP contribution < -0.4 is 9.80 Å². The van der Waals surface area contributed by atoms with Gasteiger partial charge in [0.25, 0.3) is 11.8 Å². The number of halogens is 1. The van der Waals surface area contributed by atoms with Gasteiger partial charge in [0.05, 0.1) is 11.3 Å². The number of amides is 2. The van der Waals surface area contributed by atoms with Gasteiger partial charge in [-0.05, 0) is 74.6 Å². The van der Waals surface area contributed by atoms with Crippen molar-refractivity contribution >= 4 is 28.8 Å². The number of piperidine rings is 1. The molecule has 168 valence electrons. The second-order valence-corrected chi connectivity index (χ2v) is 8.53. The van der Waals surface area contributed by atoms with Gasteiger partial charge in [-0.25, -0.2) is 9.29 Å². The Bertz CT molecular complexity index is 1020. The SMILES string of the molecule is CCN(CC)c1ccc(N2C(=O)C(c3ccc(F)cc3)=C(N3CCC(C)CC3)C2=O)cc1. The highest BCUT2D eigenvalue weighted by Crippen LogP contribution is 2.37. The Hall–Kier alpha value is -3.15. The molecule has 0 bridgehead atoms. The molecule has 2 aliphatic rings. The van der Waals surface area contributed by atoms with E-state index in [0.29, 0.717) is 28.4 Å². The van der Waals surface area contributed by atoms with Gasteiger partial charge in [0.2, 0.25) is 0 Å². The summed E-state index contributed by atoms with van der Waals surface area (Å²) in [6.07, 6.45) is 1.94. The zero-order valence-corrected chi connectivity index (χ0v) is 19.0. The topological polar surface area (TPSA) is 43.9 Å². The van der Waals surface area contributed by atoms with E-state index >= 15 is 0 Å². The molecule has 0 atom stereocenters. The summed E-state index contributed by atoms with van der Waals surface area (Å²) in [4.78, 5) is 32.7. The summed E-state index contributed by atoms with van der Waals surface area (Å²) in [5.74, 6) is -0.439. The van der Waals surface area contributed by atoms with Crippen LogP contribution in [0.4, 0.5) is 15.8 Å². The second-order valence-electron chi connectivity index (χ2n) is 8.53. The first kappa shape index (κ1) is 22.1. The summed E-state index contributed by atoms with van der Waals surface area (Å²) < 4.78 is 13.6. The normalized spacial score (nSPS) is 17.5. The fraction of sp³-hybridized carbons (Fsp3) is 0.385.